The molecule has 5 rings (SSSR count). The standard InChI is InChI=1S/C27H30N6O3S/c1-5-21(34)32-10-6-7-17(14-32)30-25(35)24-23-22-19(8-9-28-26(22)37-24)33(27(36)31-23)20-13-29-18(11-15(2)3)12-16(20)4/h5,8-9,12-13,15,17H,1,6-7,10-11,14H2,2-4H3,(H,30,35)(H,31,36)/t17-/m1/s1. The van der Waals surface area contributed by atoms with Crippen LogP contribution in [0.5, 0.6) is 0 Å². The number of likely N-dealkylation sites (tertiary alicyclic amines) is 1. The fraction of sp³-hybridized carbons (Fsp3) is 0.370. The number of hydrogen-bond acceptors (Lipinski definition) is 6. The lowest BCUT2D eigenvalue weighted by Crippen LogP contribution is -2.49. The number of aromatic nitrogens is 2. The molecule has 2 aliphatic heterocycles. The van der Waals surface area contributed by atoms with Crippen LogP contribution in [0.4, 0.5) is 21.9 Å². The number of piperidine rings is 1. The molecular formula is C27H30N6O3S. The van der Waals surface area contributed by atoms with Crippen molar-refractivity contribution >= 4 is 56.5 Å². The van der Waals surface area contributed by atoms with E-state index in [0.717, 1.165) is 35.9 Å². The average molecular weight is 519 g/mol. The zero-order chi connectivity index (χ0) is 26.3. The SMILES string of the molecule is C=CC(=O)N1CCC[C@@H](NC(=O)c2sc3nccc4c3c2NC(=O)N4c2cnc(CC(C)C)cc2C)C1. The normalized spacial score (nSPS) is 17.2. The van der Waals surface area contributed by atoms with Gasteiger partial charge in [0.05, 0.1) is 28.6 Å². The molecule has 9 nitrogen and oxygen atoms in total. The quantitative estimate of drug-likeness (QED) is 0.456. The van der Waals surface area contributed by atoms with Crippen molar-refractivity contribution < 1.29 is 14.4 Å². The number of anilines is 3. The number of aryl methyl sites for hydroxylation is 1. The molecule has 37 heavy (non-hydrogen) atoms. The van der Waals surface area contributed by atoms with Gasteiger partial charge in [-0.05, 0) is 55.9 Å². The Bertz CT molecular complexity index is 1410. The lowest BCUT2D eigenvalue weighted by Gasteiger charge is -2.32. The smallest absolute Gasteiger partial charge is 0.331 e. The minimum Gasteiger partial charge on any atom is -0.347 e. The molecule has 0 spiro atoms. The first-order valence-corrected chi connectivity index (χ1v) is 13.3. The van der Waals surface area contributed by atoms with Crippen LogP contribution in [-0.2, 0) is 11.2 Å². The van der Waals surface area contributed by atoms with E-state index in [9.17, 15) is 14.4 Å². The zero-order valence-corrected chi connectivity index (χ0v) is 22.0. The van der Waals surface area contributed by atoms with E-state index in [0.29, 0.717) is 45.8 Å². The third-order valence-electron chi connectivity index (χ3n) is 6.69. The Morgan fingerprint density at radius 3 is 2.86 bits per heavy atom. The maximum absolute atomic E-state index is 13.4. The highest BCUT2D eigenvalue weighted by Crippen LogP contribution is 2.46. The van der Waals surface area contributed by atoms with Gasteiger partial charge >= 0.3 is 6.03 Å². The highest BCUT2D eigenvalue weighted by molar-refractivity contribution is 7.21. The van der Waals surface area contributed by atoms with E-state index in [1.807, 2.05) is 13.0 Å². The van der Waals surface area contributed by atoms with E-state index in [1.165, 1.54) is 17.4 Å². The predicted molar refractivity (Wildman–Crippen MR) is 146 cm³/mol. The summed E-state index contributed by atoms with van der Waals surface area (Å²) >= 11 is 1.25. The molecule has 0 aromatic carbocycles. The molecule has 1 fully saturated rings. The van der Waals surface area contributed by atoms with Crippen LogP contribution in [0.2, 0.25) is 0 Å². The number of amides is 4. The second-order valence-electron chi connectivity index (χ2n) is 9.94. The topological polar surface area (TPSA) is 108 Å². The first kappa shape index (κ1) is 24.9. The molecule has 3 aromatic heterocycles. The van der Waals surface area contributed by atoms with Gasteiger partial charge in [0.15, 0.2) is 0 Å². The van der Waals surface area contributed by atoms with Crippen LogP contribution in [0.1, 0.15) is 47.6 Å². The van der Waals surface area contributed by atoms with Gasteiger partial charge in [-0.15, -0.1) is 11.3 Å². The van der Waals surface area contributed by atoms with Crippen molar-refractivity contribution in [2.75, 3.05) is 23.3 Å². The van der Waals surface area contributed by atoms with Gasteiger partial charge in [0.25, 0.3) is 5.91 Å². The number of hydrogen-bond donors (Lipinski definition) is 2. The second-order valence-corrected chi connectivity index (χ2v) is 10.9. The van der Waals surface area contributed by atoms with Crippen molar-refractivity contribution in [1.29, 1.82) is 0 Å². The van der Waals surface area contributed by atoms with Gasteiger partial charge in [0, 0.05) is 31.0 Å². The summed E-state index contributed by atoms with van der Waals surface area (Å²) in [5.74, 6) is 0.0542. The highest BCUT2D eigenvalue weighted by Gasteiger charge is 2.34. The van der Waals surface area contributed by atoms with Crippen molar-refractivity contribution in [3.8, 4) is 0 Å². The number of nitrogens with zero attached hydrogens (tertiary/aromatic N) is 4. The van der Waals surface area contributed by atoms with E-state index < -0.39 is 0 Å². The number of nitrogens with one attached hydrogen (secondary N) is 2. The van der Waals surface area contributed by atoms with Crippen molar-refractivity contribution in [1.82, 2.24) is 20.2 Å². The molecule has 1 atom stereocenters. The van der Waals surface area contributed by atoms with Gasteiger partial charge in [-0.2, -0.15) is 0 Å². The van der Waals surface area contributed by atoms with Crippen LogP contribution in [0.15, 0.2) is 37.2 Å². The molecule has 2 N–H and O–H groups in total. The Morgan fingerprint density at radius 1 is 1.32 bits per heavy atom. The molecule has 0 radical (unpaired) electrons. The Balaban J connectivity index is 1.46. The number of carbonyl (C=O) groups is 3. The first-order chi connectivity index (χ1) is 17.8. The molecule has 192 valence electrons. The maximum Gasteiger partial charge on any atom is 0.331 e. The molecule has 0 unspecified atom stereocenters. The molecule has 0 bridgehead atoms. The molecule has 5 heterocycles. The van der Waals surface area contributed by atoms with Crippen molar-refractivity contribution in [3.05, 3.63) is 53.3 Å². The summed E-state index contributed by atoms with van der Waals surface area (Å²) in [7, 11) is 0. The fourth-order valence-electron chi connectivity index (χ4n) is 5.03. The van der Waals surface area contributed by atoms with Crippen molar-refractivity contribution in [2.24, 2.45) is 5.92 Å². The fourth-order valence-corrected chi connectivity index (χ4v) is 6.05. The van der Waals surface area contributed by atoms with Crippen LogP contribution in [-0.4, -0.2) is 51.8 Å². The lowest BCUT2D eigenvalue weighted by molar-refractivity contribution is -0.127. The van der Waals surface area contributed by atoms with Crippen LogP contribution in [0.25, 0.3) is 10.2 Å². The summed E-state index contributed by atoms with van der Waals surface area (Å²) in [5, 5.41) is 6.72. The average Bonchev–Trinajstić information content (AvgIpc) is 3.24. The second kappa shape index (κ2) is 9.93. The molecule has 1 saturated heterocycles. The molecule has 2 aliphatic rings. The van der Waals surface area contributed by atoms with Gasteiger partial charge in [-0.25, -0.2) is 9.78 Å². The third kappa shape index (κ3) is 4.69. The monoisotopic (exact) mass is 518 g/mol. The summed E-state index contributed by atoms with van der Waals surface area (Å²) in [4.78, 5) is 52.2. The summed E-state index contributed by atoms with van der Waals surface area (Å²) in [6.45, 7) is 10.9. The number of thiophene rings is 1. The summed E-state index contributed by atoms with van der Waals surface area (Å²) in [5.41, 5.74) is 3.76. The van der Waals surface area contributed by atoms with Gasteiger partial charge in [0.1, 0.15) is 9.71 Å². The molecule has 4 amide bonds. The minimum absolute atomic E-state index is 0.140. The zero-order valence-electron chi connectivity index (χ0n) is 21.2. The third-order valence-corrected chi connectivity index (χ3v) is 7.79. The number of pyridine rings is 2. The van der Waals surface area contributed by atoms with E-state index in [1.54, 1.807) is 28.3 Å². The lowest BCUT2D eigenvalue weighted by atomic mass is 10.0. The number of rotatable bonds is 6. The van der Waals surface area contributed by atoms with Crippen molar-refractivity contribution in [2.45, 2.75) is 46.1 Å². The Labute approximate surface area is 219 Å². The van der Waals surface area contributed by atoms with Crippen LogP contribution in [0, 0.1) is 12.8 Å². The van der Waals surface area contributed by atoms with E-state index in [2.05, 4.69) is 41.0 Å². The van der Waals surface area contributed by atoms with Crippen molar-refractivity contribution in [3.63, 3.8) is 0 Å². The number of urea groups is 1. The van der Waals surface area contributed by atoms with E-state index in [-0.39, 0.29) is 23.9 Å². The Kier molecular flexibility index (Phi) is 6.68. The Hall–Kier alpha value is -3.79. The van der Waals surface area contributed by atoms with Crippen LogP contribution < -0.4 is 15.5 Å². The summed E-state index contributed by atoms with van der Waals surface area (Å²) in [6, 6.07) is 3.28. The van der Waals surface area contributed by atoms with E-state index in [4.69, 9.17) is 0 Å². The molecule has 3 aromatic rings. The molecule has 10 heteroatoms. The van der Waals surface area contributed by atoms with Crippen LogP contribution >= 0.6 is 11.3 Å². The largest absolute Gasteiger partial charge is 0.347 e. The van der Waals surface area contributed by atoms with Gasteiger partial charge in [0.2, 0.25) is 5.91 Å². The van der Waals surface area contributed by atoms with Crippen LogP contribution in [0.3, 0.4) is 0 Å². The number of carbonyl (C=O) groups excluding carboxylic acids is 3. The van der Waals surface area contributed by atoms with Gasteiger partial charge < -0.3 is 15.5 Å². The Morgan fingerprint density at radius 2 is 2.14 bits per heavy atom. The van der Waals surface area contributed by atoms with Gasteiger partial charge in [-0.3, -0.25) is 19.5 Å². The summed E-state index contributed by atoms with van der Waals surface area (Å²) in [6.07, 6.45) is 7.12. The van der Waals surface area contributed by atoms with E-state index >= 15 is 0 Å². The predicted octanol–water partition coefficient (Wildman–Crippen LogP) is 4.79. The molecule has 0 aliphatic carbocycles. The summed E-state index contributed by atoms with van der Waals surface area (Å²) < 4.78 is 0. The van der Waals surface area contributed by atoms with Gasteiger partial charge in [-0.1, -0.05) is 20.4 Å². The maximum atomic E-state index is 13.4. The molecule has 0 saturated carbocycles. The molecular weight excluding hydrogens is 488 g/mol. The highest BCUT2D eigenvalue weighted by atomic mass is 32.1. The minimum atomic E-state index is -0.352. The first-order valence-electron chi connectivity index (χ1n) is 12.5.